The second-order valence-corrected chi connectivity index (χ2v) is 8.14. The maximum Gasteiger partial charge on any atom is 0.176 e. The number of carbonyl (C=O) groups excluding carboxylic acids is 1. The Bertz CT molecular complexity index is 773. The first-order valence-corrected chi connectivity index (χ1v) is 9.70. The van der Waals surface area contributed by atoms with Gasteiger partial charge < -0.3 is 9.84 Å². The number of hydrogen-bond acceptors (Lipinski definition) is 4. The van der Waals surface area contributed by atoms with Crippen molar-refractivity contribution in [1.82, 2.24) is 4.90 Å². The minimum atomic E-state index is -0.0657. The van der Waals surface area contributed by atoms with Gasteiger partial charge in [-0.3, -0.25) is 9.69 Å². The molecule has 1 aliphatic heterocycles. The Balaban J connectivity index is 1.36. The lowest BCUT2D eigenvalue weighted by atomic mass is 9.91. The molecule has 0 aromatic heterocycles. The van der Waals surface area contributed by atoms with Crippen LogP contribution in [0.5, 0.6) is 5.75 Å². The van der Waals surface area contributed by atoms with Crippen LogP contribution < -0.4 is 0 Å². The number of phenolic OH excluding ortho intramolecular Hbond substituents is 1. The monoisotopic (exact) mass is 365 g/mol. The number of carbonyl (C=O) groups is 1. The summed E-state index contributed by atoms with van der Waals surface area (Å²) in [5, 5.41) is 9.38. The molecule has 0 bridgehead atoms. The lowest BCUT2D eigenvalue weighted by molar-refractivity contribution is -0.0129. The van der Waals surface area contributed by atoms with Crippen LogP contribution in [0.4, 0.5) is 0 Å². The van der Waals surface area contributed by atoms with Crippen LogP contribution in [0.1, 0.15) is 28.8 Å². The van der Waals surface area contributed by atoms with Gasteiger partial charge in [0.2, 0.25) is 0 Å². The highest BCUT2D eigenvalue weighted by Crippen LogP contribution is 2.47. The van der Waals surface area contributed by atoms with E-state index in [4.69, 9.17) is 4.74 Å². The number of rotatable bonds is 6. The number of hydrogen-bond donors (Lipinski definition) is 1. The van der Waals surface area contributed by atoms with E-state index in [0.29, 0.717) is 23.9 Å². The van der Waals surface area contributed by atoms with Crippen LogP contribution in [-0.4, -0.2) is 48.1 Å². The highest BCUT2D eigenvalue weighted by atomic mass is 16.5. The number of Topliss-reactive ketones (excluding diaryl/α,β-unsaturated/α-hetero) is 1. The highest BCUT2D eigenvalue weighted by Gasteiger charge is 2.49. The van der Waals surface area contributed by atoms with Crippen molar-refractivity contribution in [2.45, 2.75) is 24.9 Å². The molecule has 0 amide bonds. The molecular formula is C23H27NO3. The van der Waals surface area contributed by atoms with Crippen molar-refractivity contribution in [2.24, 2.45) is 11.8 Å². The van der Waals surface area contributed by atoms with Crippen LogP contribution in [0.25, 0.3) is 0 Å². The highest BCUT2D eigenvalue weighted by molar-refractivity contribution is 5.97. The molecule has 1 heterocycles. The Morgan fingerprint density at radius 3 is 2.30 bits per heavy atom. The Hall–Kier alpha value is -2.17. The van der Waals surface area contributed by atoms with Gasteiger partial charge in [0.05, 0.1) is 12.1 Å². The van der Waals surface area contributed by atoms with Crippen molar-refractivity contribution < 1.29 is 14.6 Å². The van der Waals surface area contributed by atoms with E-state index >= 15 is 0 Å². The first kappa shape index (κ1) is 18.2. The van der Waals surface area contributed by atoms with Crippen LogP contribution in [0.3, 0.4) is 0 Å². The summed E-state index contributed by atoms with van der Waals surface area (Å²) in [4.78, 5) is 14.8. The van der Waals surface area contributed by atoms with Crippen LogP contribution in [0.15, 0.2) is 54.6 Å². The number of methoxy groups -OCH3 is 1. The van der Waals surface area contributed by atoms with Crippen LogP contribution in [0, 0.1) is 11.8 Å². The van der Waals surface area contributed by atoms with Crippen molar-refractivity contribution in [3.63, 3.8) is 0 Å². The summed E-state index contributed by atoms with van der Waals surface area (Å²) in [7, 11) is 1.84. The van der Waals surface area contributed by atoms with Gasteiger partial charge in [-0.1, -0.05) is 30.3 Å². The summed E-state index contributed by atoms with van der Waals surface area (Å²) in [6, 6.07) is 17.1. The largest absolute Gasteiger partial charge is 0.508 e. The number of nitrogens with zero attached hydrogens (tertiary/aromatic N) is 1. The fraction of sp³-hybridized carbons (Fsp3) is 0.435. The normalized spacial score (nSPS) is 27.6. The van der Waals surface area contributed by atoms with E-state index in [0.717, 1.165) is 32.4 Å². The molecule has 2 aliphatic rings. The molecule has 2 fully saturated rings. The van der Waals surface area contributed by atoms with Crippen LogP contribution >= 0.6 is 0 Å². The zero-order chi connectivity index (χ0) is 18.9. The van der Waals surface area contributed by atoms with Gasteiger partial charge in [-0.2, -0.15) is 0 Å². The molecule has 27 heavy (non-hydrogen) atoms. The number of benzene rings is 2. The fourth-order valence-electron chi connectivity index (χ4n) is 4.96. The van der Waals surface area contributed by atoms with E-state index in [1.54, 1.807) is 24.3 Å². The van der Waals surface area contributed by atoms with E-state index in [1.807, 2.05) is 7.11 Å². The van der Waals surface area contributed by atoms with E-state index in [2.05, 4.69) is 35.2 Å². The quantitative estimate of drug-likeness (QED) is 0.796. The molecule has 0 unspecified atom stereocenters. The molecule has 0 spiro atoms. The molecule has 2 aromatic rings. The Kier molecular flexibility index (Phi) is 5.02. The third-order valence-corrected chi connectivity index (χ3v) is 6.28. The van der Waals surface area contributed by atoms with Crippen molar-refractivity contribution in [1.29, 1.82) is 0 Å². The lowest BCUT2D eigenvalue weighted by Gasteiger charge is -2.30. The van der Waals surface area contributed by atoms with E-state index in [9.17, 15) is 9.90 Å². The molecule has 1 saturated carbocycles. The predicted octanol–water partition coefficient (Wildman–Crippen LogP) is 3.54. The number of likely N-dealkylation sites (tertiary alicyclic amines) is 1. The topological polar surface area (TPSA) is 49.8 Å². The van der Waals surface area contributed by atoms with Gasteiger partial charge in [-0.25, -0.2) is 0 Å². The number of fused-ring (bicyclic) bond motifs is 1. The molecule has 4 heteroatoms. The Labute approximate surface area is 160 Å². The van der Waals surface area contributed by atoms with Crippen molar-refractivity contribution >= 4 is 5.78 Å². The molecule has 3 atom stereocenters. The molecule has 1 N–H and O–H groups in total. The molecule has 4 nitrogen and oxygen atoms in total. The number of aromatic hydroxyl groups is 1. The summed E-state index contributed by atoms with van der Waals surface area (Å²) in [6.45, 7) is 2.39. The minimum absolute atomic E-state index is 0.0657. The molecular weight excluding hydrogens is 338 g/mol. The van der Waals surface area contributed by atoms with Gasteiger partial charge >= 0.3 is 0 Å². The zero-order valence-corrected chi connectivity index (χ0v) is 15.8. The van der Waals surface area contributed by atoms with Crippen molar-refractivity contribution in [2.75, 3.05) is 26.7 Å². The SMILES string of the molecule is CO[C@]1(Cc2ccccc2)C[C@H]2CN(CC(=O)c3ccc(O)cc3)C[C@H]2C1. The van der Waals surface area contributed by atoms with Gasteiger partial charge in [0.1, 0.15) is 5.75 Å². The first-order valence-electron chi connectivity index (χ1n) is 9.70. The summed E-state index contributed by atoms with van der Waals surface area (Å²) >= 11 is 0. The average molecular weight is 365 g/mol. The number of phenols is 1. The zero-order valence-electron chi connectivity index (χ0n) is 15.8. The minimum Gasteiger partial charge on any atom is -0.508 e. The molecule has 1 saturated heterocycles. The summed E-state index contributed by atoms with van der Waals surface area (Å²) in [5.41, 5.74) is 1.93. The molecule has 2 aromatic carbocycles. The summed E-state index contributed by atoms with van der Waals surface area (Å²) < 4.78 is 6.03. The smallest absolute Gasteiger partial charge is 0.176 e. The lowest BCUT2D eigenvalue weighted by Crippen LogP contribution is -2.35. The second-order valence-electron chi connectivity index (χ2n) is 8.14. The van der Waals surface area contributed by atoms with E-state index in [1.165, 1.54) is 5.56 Å². The van der Waals surface area contributed by atoms with Gasteiger partial charge in [0.15, 0.2) is 5.78 Å². The molecule has 1 aliphatic carbocycles. The Morgan fingerprint density at radius 2 is 1.70 bits per heavy atom. The van der Waals surface area contributed by atoms with Crippen LogP contribution in [0.2, 0.25) is 0 Å². The first-order chi connectivity index (χ1) is 13.1. The third-order valence-electron chi connectivity index (χ3n) is 6.28. The molecule has 142 valence electrons. The Morgan fingerprint density at radius 1 is 1.07 bits per heavy atom. The average Bonchev–Trinajstić information content (AvgIpc) is 3.18. The maximum atomic E-state index is 12.5. The van der Waals surface area contributed by atoms with Crippen molar-refractivity contribution in [3.8, 4) is 5.75 Å². The molecule has 0 radical (unpaired) electrons. The standard InChI is InChI=1S/C23H27NO3/c1-27-23(11-17-5-3-2-4-6-17)12-19-14-24(15-20(19)13-23)16-22(26)18-7-9-21(25)10-8-18/h2-10,19-20,25H,11-16H2,1H3/t19-,20+,23+. The van der Waals surface area contributed by atoms with Gasteiger partial charge in [-0.05, 0) is 54.5 Å². The fourth-order valence-corrected chi connectivity index (χ4v) is 4.96. The van der Waals surface area contributed by atoms with Gasteiger partial charge in [0.25, 0.3) is 0 Å². The van der Waals surface area contributed by atoms with Crippen LogP contribution in [-0.2, 0) is 11.2 Å². The summed E-state index contributed by atoms with van der Waals surface area (Å²) in [5.74, 6) is 1.51. The van der Waals surface area contributed by atoms with E-state index < -0.39 is 0 Å². The summed E-state index contributed by atoms with van der Waals surface area (Å²) in [6.07, 6.45) is 3.09. The van der Waals surface area contributed by atoms with E-state index in [-0.39, 0.29) is 17.1 Å². The van der Waals surface area contributed by atoms with Gasteiger partial charge in [0, 0.05) is 32.2 Å². The maximum absolute atomic E-state index is 12.5. The number of ether oxygens (including phenoxy) is 1. The second kappa shape index (κ2) is 7.45. The van der Waals surface area contributed by atoms with Gasteiger partial charge in [-0.15, -0.1) is 0 Å². The molecule has 4 rings (SSSR count). The number of ketones is 1. The van der Waals surface area contributed by atoms with Crippen molar-refractivity contribution in [3.05, 3.63) is 65.7 Å². The predicted molar refractivity (Wildman–Crippen MR) is 105 cm³/mol. The third kappa shape index (κ3) is 3.92.